The first-order chi connectivity index (χ1) is 51.8. The monoisotopic (exact) mass is 1340 g/mol. The summed E-state index contributed by atoms with van der Waals surface area (Å²) in [6, 6.07) is 139. The van der Waals surface area contributed by atoms with E-state index >= 15 is 0 Å². The van der Waals surface area contributed by atoms with Gasteiger partial charge >= 0.3 is 0 Å². The summed E-state index contributed by atoms with van der Waals surface area (Å²) in [5.41, 5.74) is 37.7. The number of para-hydroxylation sites is 1. The van der Waals surface area contributed by atoms with Crippen molar-refractivity contribution in [1.82, 2.24) is 0 Å². The molecule has 0 fully saturated rings. The molecule has 0 amide bonds. The molecule has 17 aromatic rings. The molecule has 0 bridgehead atoms. The third-order valence-corrected chi connectivity index (χ3v) is 23.7. The molecule has 4 aliphatic carbocycles. The van der Waals surface area contributed by atoms with E-state index in [1.54, 1.807) is 0 Å². The van der Waals surface area contributed by atoms with Crippen molar-refractivity contribution in [2.75, 3.05) is 9.80 Å². The number of aryl methyl sites for hydroxylation is 3. The normalized spacial score (nSPS) is 13.9. The Balaban J connectivity index is 0.753. The number of anilines is 6. The van der Waals surface area contributed by atoms with E-state index in [4.69, 9.17) is 4.42 Å². The maximum absolute atomic E-state index is 6.73. The molecule has 4 aliphatic rings. The number of nitrogens with zero attached hydrogens (tertiary/aromatic N) is 2. The first kappa shape index (κ1) is 60.7. The molecule has 0 N–H and O–H groups in total. The van der Waals surface area contributed by atoms with Crippen molar-refractivity contribution in [2.45, 2.75) is 37.0 Å². The molecule has 3 nitrogen and oxygen atoms in total. The summed E-state index contributed by atoms with van der Waals surface area (Å²) in [7, 11) is 0. The second kappa shape index (κ2) is 23.2. The van der Waals surface area contributed by atoms with Gasteiger partial charge in [-0.05, 0) is 216 Å². The summed E-state index contributed by atoms with van der Waals surface area (Å²) < 4.78 is 6.73. The fourth-order valence-corrected chi connectivity index (χ4v) is 19.5. The lowest BCUT2D eigenvalue weighted by atomic mass is 9.67. The molecule has 1 heterocycles. The maximum atomic E-state index is 6.73. The Labute approximate surface area is 612 Å². The second-order valence-electron chi connectivity index (χ2n) is 29.1. The Morgan fingerprint density at radius 1 is 0.238 bits per heavy atom. The molecular weight excluding hydrogens is 1270 g/mol. The highest BCUT2D eigenvalue weighted by atomic mass is 16.3. The van der Waals surface area contributed by atoms with E-state index < -0.39 is 16.2 Å². The molecule has 0 unspecified atom stereocenters. The van der Waals surface area contributed by atoms with Gasteiger partial charge in [-0.15, -0.1) is 0 Å². The van der Waals surface area contributed by atoms with Gasteiger partial charge in [-0.25, -0.2) is 0 Å². The zero-order chi connectivity index (χ0) is 69.7. The number of rotatable bonds is 11. The van der Waals surface area contributed by atoms with Gasteiger partial charge in [0.15, 0.2) is 0 Å². The SMILES string of the molecule is Cc1ccc2c(c1)C(c1ccccc1)(c1ccccc1)c1cc(N(c3ccc(-c4ccc(N(c5cccc6c5-c5ccccc5C65c6ccccc6-c6ccccc65)c5cccc6oc7ccccc7c56)cc4)c(C)c3)c3ccc4c(c3)C(c3ccccc3)(c3ccccc3)c3cc(C)ccc3-4)ccc1-2. The standard InChI is InChI=1S/C102H70N2O/c1-65-46-55-80-82-58-53-75(63-92(82)100(90(80)60-65,69-26-8-4-9-27-69)70-28-10-5-11-29-70)103(76-54-59-83-81-56-47-66(2)61-91(81)101(93(83)64-76,71-30-12-6-13-31-71)72-32-14-7-15-33-72)74-52-57-77(67(3)62-74)68-48-50-73(51-49-68)104(95-43-25-45-97-99(95)85-37-19-23-44-96(85)105-97)94-42-24-41-89-98(94)84-36-18-22-40-88(84)102(89)86-38-20-16-34-78(86)79-35-17-21-39-87(79)102/h4-64H,1-3H3. The number of hydrogen-bond acceptors (Lipinski definition) is 3. The van der Waals surface area contributed by atoms with Gasteiger partial charge in [0.25, 0.3) is 0 Å². The Hall–Kier alpha value is -13.1. The molecule has 0 saturated carbocycles. The predicted molar refractivity (Wildman–Crippen MR) is 434 cm³/mol. The van der Waals surface area contributed by atoms with Crippen LogP contribution in [0.2, 0.25) is 0 Å². The lowest BCUT2D eigenvalue weighted by Gasteiger charge is -2.36. The molecule has 0 atom stereocenters. The number of fused-ring (bicyclic) bond motifs is 19. The molecule has 1 aromatic heterocycles. The topological polar surface area (TPSA) is 19.6 Å². The smallest absolute Gasteiger partial charge is 0.137 e. The van der Waals surface area contributed by atoms with Crippen LogP contribution in [0.25, 0.3) is 77.6 Å². The van der Waals surface area contributed by atoms with Gasteiger partial charge in [0.05, 0.1) is 33.0 Å². The molecule has 21 rings (SSSR count). The maximum Gasteiger partial charge on any atom is 0.137 e. The summed E-state index contributed by atoms with van der Waals surface area (Å²) in [6.07, 6.45) is 0. The Morgan fingerprint density at radius 2 is 0.619 bits per heavy atom. The average Bonchev–Trinajstić information content (AvgIpc) is 1.54. The lowest BCUT2D eigenvalue weighted by molar-refractivity contribution is 0.669. The first-order valence-electron chi connectivity index (χ1n) is 36.7. The van der Waals surface area contributed by atoms with Crippen LogP contribution in [-0.4, -0.2) is 0 Å². The van der Waals surface area contributed by atoms with Gasteiger partial charge < -0.3 is 14.2 Å². The first-order valence-corrected chi connectivity index (χ1v) is 36.7. The van der Waals surface area contributed by atoms with E-state index in [2.05, 4.69) is 401 Å². The third-order valence-electron chi connectivity index (χ3n) is 23.7. The Bertz CT molecular complexity index is 6070. The molecular formula is C102H70N2O. The van der Waals surface area contributed by atoms with E-state index in [1.807, 2.05) is 0 Å². The predicted octanol–water partition coefficient (Wildman–Crippen LogP) is 26.2. The highest BCUT2D eigenvalue weighted by Crippen LogP contribution is 2.66. The summed E-state index contributed by atoms with van der Waals surface area (Å²) in [4.78, 5) is 5.04. The van der Waals surface area contributed by atoms with Crippen LogP contribution in [0.15, 0.2) is 374 Å². The number of furan rings is 1. The minimum atomic E-state index is -0.615. The van der Waals surface area contributed by atoms with Crippen molar-refractivity contribution >= 4 is 56.1 Å². The van der Waals surface area contributed by atoms with E-state index in [0.717, 1.165) is 72.8 Å². The highest BCUT2D eigenvalue weighted by Gasteiger charge is 2.53. The number of benzene rings is 16. The summed E-state index contributed by atoms with van der Waals surface area (Å²) in [6.45, 7) is 6.75. The minimum Gasteiger partial charge on any atom is -0.456 e. The van der Waals surface area contributed by atoms with Gasteiger partial charge in [0.2, 0.25) is 0 Å². The zero-order valence-electron chi connectivity index (χ0n) is 58.5. The summed E-state index contributed by atoms with van der Waals surface area (Å²) >= 11 is 0. The fraction of sp³-hybridized carbons (Fsp3) is 0.0588. The van der Waals surface area contributed by atoms with Crippen LogP contribution >= 0.6 is 0 Å². The van der Waals surface area contributed by atoms with E-state index in [-0.39, 0.29) is 0 Å². The Kier molecular flexibility index (Phi) is 13.4. The van der Waals surface area contributed by atoms with Crippen molar-refractivity contribution in [3.05, 3.63) is 454 Å². The number of hydrogen-bond donors (Lipinski definition) is 0. The second-order valence-corrected chi connectivity index (χ2v) is 29.1. The van der Waals surface area contributed by atoms with E-state index in [1.165, 1.54) is 122 Å². The van der Waals surface area contributed by atoms with Gasteiger partial charge in [0.1, 0.15) is 11.2 Å². The van der Waals surface area contributed by atoms with Crippen LogP contribution in [0.5, 0.6) is 0 Å². The molecule has 0 radical (unpaired) electrons. The molecule has 0 aliphatic heterocycles. The minimum absolute atomic E-state index is 0.515. The van der Waals surface area contributed by atoms with Gasteiger partial charge in [-0.1, -0.05) is 308 Å². The lowest BCUT2D eigenvalue weighted by Crippen LogP contribution is -2.29. The molecule has 105 heavy (non-hydrogen) atoms. The van der Waals surface area contributed by atoms with Gasteiger partial charge in [-0.2, -0.15) is 0 Å². The molecule has 3 heteroatoms. The van der Waals surface area contributed by atoms with Crippen molar-refractivity contribution in [2.24, 2.45) is 0 Å². The molecule has 494 valence electrons. The zero-order valence-corrected chi connectivity index (χ0v) is 58.5. The Morgan fingerprint density at radius 3 is 1.14 bits per heavy atom. The van der Waals surface area contributed by atoms with Crippen LogP contribution in [0.4, 0.5) is 34.1 Å². The largest absolute Gasteiger partial charge is 0.456 e. The van der Waals surface area contributed by atoms with Crippen LogP contribution in [0.3, 0.4) is 0 Å². The highest BCUT2D eigenvalue weighted by molar-refractivity contribution is 6.14. The molecule has 0 saturated heterocycles. The van der Waals surface area contributed by atoms with E-state index in [0.29, 0.717) is 0 Å². The van der Waals surface area contributed by atoms with Crippen molar-refractivity contribution in [3.8, 4) is 55.6 Å². The van der Waals surface area contributed by atoms with Crippen molar-refractivity contribution in [1.29, 1.82) is 0 Å². The third kappa shape index (κ3) is 8.55. The van der Waals surface area contributed by atoms with Crippen LogP contribution in [-0.2, 0) is 16.2 Å². The van der Waals surface area contributed by atoms with Crippen LogP contribution < -0.4 is 9.80 Å². The fourth-order valence-electron chi connectivity index (χ4n) is 19.5. The van der Waals surface area contributed by atoms with E-state index in [9.17, 15) is 0 Å². The summed E-state index contributed by atoms with van der Waals surface area (Å²) in [5.74, 6) is 0. The molecule has 1 spiro atoms. The van der Waals surface area contributed by atoms with Crippen molar-refractivity contribution < 1.29 is 4.42 Å². The average molecular weight is 1340 g/mol. The quantitative estimate of drug-likeness (QED) is 0.129. The van der Waals surface area contributed by atoms with Crippen molar-refractivity contribution in [3.63, 3.8) is 0 Å². The van der Waals surface area contributed by atoms with Crippen LogP contribution in [0.1, 0.15) is 83.5 Å². The summed E-state index contributed by atoms with van der Waals surface area (Å²) in [5, 5.41) is 2.15. The molecule has 16 aromatic carbocycles. The van der Waals surface area contributed by atoms with Crippen LogP contribution in [0, 0.1) is 20.8 Å². The van der Waals surface area contributed by atoms with Gasteiger partial charge in [-0.3, -0.25) is 0 Å². The van der Waals surface area contributed by atoms with Gasteiger partial charge in [0, 0.05) is 33.7 Å².